The zero-order valence-corrected chi connectivity index (χ0v) is 28.4. The zero-order chi connectivity index (χ0) is 32.4. The van der Waals surface area contributed by atoms with Crippen molar-refractivity contribution in [2.75, 3.05) is 6.61 Å². The van der Waals surface area contributed by atoms with Crippen LogP contribution in [0.15, 0.2) is 110 Å². The van der Waals surface area contributed by atoms with Gasteiger partial charge in [-0.15, -0.1) is 0 Å². The lowest BCUT2D eigenvalue weighted by Crippen LogP contribution is -2.40. The molecule has 5 aromatic rings. The number of allylic oxidation sites excluding steroid dienone is 1. The SMILES string of the molecule is CCOc1ccc([C@@H]2C(C(=O)OC(C)C)=C(C)N=c3s/c(=C/c4c(OCc5ccc(Br)cc5)ccc5ccccc45)c(=O)n32)cc1. The Morgan fingerprint density at radius 1 is 1.00 bits per heavy atom. The second-order valence-corrected chi connectivity index (χ2v) is 13.1. The highest BCUT2D eigenvalue weighted by Gasteiger charge is 2.34. The Kier molecular flexibility index (Phi) is 9.24. The molecule has 4 aromatic carbocycles. The number of esters is 1. The Hall–Kier alpha value is -4.47. The Morgan fingerprint density at radius 3 is 2.46 bits per heavy atom. The third kappa shape index (κ3) is 6.43. The zero-order valence-electron chi connectivity index (χ0n) is 26.0. The molecule has 0 fully saturated rings. The first-order valence-electron chi connectivity index (χ1n) is 15.1. The summed E-state index contributed by atoms with van der Waals surface area (Å²) in [4.78, 5) is 33.1. The molecular weight excluding hydrogens is 664 g/mol. The lowest BCUT2D eigenvalue weighted by molar-refractivity contribution is -0.143. The molecule has 234 valence electrons. The Morgan fingerprint density at radius 2 is 1.74 bits per heavy atom. The molecule has 0 saturated heterocycles. The summed E-state index contributed by atoms with van der Waals surface area (Å²) >= 11 is 4.77. The molecular formula is C37H33BrN2O5S. The number of thiazole rings is 1. The van der Waals surface area contributed by atoms with E-state index in [-0.39, 0.29) is 11.7 Å². The predicted octanol–water partition coefficient (Wildman–Crippen LogP) is 7.08. The van der Waals surface area contributed by atoms with Crippen LogP contribution in [0.1, 0.15) is 50.4 Å². The highest BCUT2D eigenvalue weighted by molar-refractivity contribution is 9.10. The van der Waals surface area contributed by atoms with Crippen LogP contribution in [0.4, 0.5) is 0 Å². The van der Waals surface area contributed by atoms with Crippen LogP contribution in [0.25, 0.3) is 16.8 Å². The quantitative estimate of drug-likeness (QED) is 0.154. The van der Waals surface area contributed by atoms with Crippen molar-refractivity contribution in [2.45, 2.75) is 46.4 Å². The second-order valence-electron chi connectivity index (χ2n) is 11.2. The number of rotatable bonds is 9. The summed E-state index contributed by atoms with van der Waals surface area (Å²) in [5, 5.41) is 1.99. The van der Waals surface area contributed by atoms with E-state index in [9.17, 15) is 9.59 Å². The Bertz CT molecular complexity index is 2130. The highest BCUT2D eigenvalue weighted by atomic mass is 79.9. The second kappa shape index (κ2) is 13.5. The van der Waals surface area contributed by atoms with Gasteiger partial charge in [0.1, 0.15) is 18.1 Å². The molecule has 1 aromatic heterocycles. The van der Waals surface area contributed by atoms with E-state index in [1.54, 1.807) is 25.3 Å². The van der Waals surface area contributed by atoms with Gasteiger partial charge in [0.05, 0.1) is 34.6 Å². The molecule has 0 spiro atoms. The molecule has 46 heavy (non-hydrogen) atoms. The summed E-state index contributed by atoms with van der Waals surface area (Å²) in [6.07, 6.45) is 1.55. The van der Waals surface area contributed by atoms with E-state index < -0.39 is 12.0 Å². The van der Waals surface area contributed by atoms with E-state index in [4.69, 9.17) is 19.2 Å². The lowest BCUT2D eigenvalue weighted by atomic mass is 9.95. The molecule has 0 N–H and O–H groups in total. The van der Waals surface area contributed by atoms with Crippen molar-refractivity contribution in [1.82, 2.24) is 4.57 Å². The maximum absolute atomic E-state index is 14.4. The van der Waals surface area contributed by atoms with Gasteiger partial charge in [0.15, 0.2) is 4.80 Å². The molecule has 6 rings (SSSR count). The van der Waals surface area contributed by atoms with Gasteiger partial charge in [-0.05, 0) is 86.0 Å². The van der Waals surface area contributed by atoms with Gasteiger partial charge >= 0.3 is 5.97 Å². The van der Waals surface area contributed by atoms with E-state index in [2.05, 4.69) is 15.9 Å². The van der Waals surface area contributed by atoms with Gasteiger partial charge in [-0.2, -0.15) is 0 Å². The van der Waals surface area contributed by atoms with Gasteiger partial charge in [0.25, 0.3) is 5.56 Å². The predicted molar refractivity (Wildman–Crippen MR) is 185 cm³/mol. The molecule has 0 saturated carbocycles. The van der Waals surface area contributed by atoms with Crippen molar-refractivity contribution in [1.29, 1.82) is 0 Å². The number of halogens is 1. The van der Waals surface area contributed by atoms with E-state index in [1.807, 2.05) is 97.9 Å². The molecule has 0 amide bonds. The number of fused-ring (bicyclic) bond motifs is 2. The average Bonchev–Trinajstić information content (AvgIpc) is 3.34. The number of nitrogens with zero attached hydrogens (tertiary/aromatic N) is 2. The van der Waals surface area contributed by atoms with Gasteiger partial charge in [-0.25, -0.2) is 9.79 Å². The molecule has 0 aliphatic carbocycles. The van der Waals surface area contributed by atoms with Crippen molar-refractivity contribution in [3.8, 4) is 11.5 Å². The van der Waals surface area contributed by atoms with Gasteiger partial charge in [-0.3, -0.25) is 9.36 Å². The molecule has 2 heterocycles. The third-order valence-corrected chi connectivity index (χ3v) is 9.12. The van der Waals surface area contributed by atoms with E-state index >= 15 is 0 Å². The van der Waals surface area contributed by atoms with Crippen LogP contribution in [0.2, 0.25) is 0 Å². The third-order valence-electron chi connectivity index (χ3n) is 7.60. The van der Waals surface area contributed by atoms with Crippen molar-refractivity contribution in [3.63, 3.8) is 0 Å². The summed E-state index contributed by atoms with van der Waals surface area (Å²) in [6, 6.07) is 26.7. The van der Waals surface area contributed by atoms with Gasteiger partial charge < -0.3 is 14.2 Å². The van der Waals surface area contributed by atoms with Crippen molar-refractivity contribution < 1.29 is 19.0 Å². The number of carbonyl (C=O) groups excluding carboxylic acids is 1. The van der Waals surface area contributed by atoms with E-state index in [1.165, 1.54) is 11.3 Å². The largest absolute Gasteiger partial charge is 0.494 e. The summed E-state index contributed by atoms with van der Waals surface area (Å²) in [5.74, 6) is 0.868. The summed E-state index contributed by atoms with van der Waals surface area (Å²) in [5.41, 5.74) is 3.17. The highest BCUT2D eigenvalue weighted by Crippen LogP contribution is 2.33. The van der Waals surface area contributed by atoms with E-state index in [0.29, 0.717) is 45.3 Å². The fraction of sp³-hybridized carbons (Fsp3) is 0.216. The van der Waals surface area contributed by atoms with Crippen LogP contribution in [0.3, 0.4) is 0 Å². The van der Waals surface area contributed by atoms with Crippen LogP contribution in [0.5, 0.6) is 11.5 Å². The van der Waals surface area contributed by atoms with Crippen molar-refractivity contribution >= 4 is 50.1 Å². The molecule has 7 nitrogen and oxygen atoms in total. The van der Waals surface area contributed by atoms with Crippen LogP contribution < -0.4 is 24.4 Å². The fourth-order valence-corrected chi connectivity index (χ4v) is 6.80. The van der Waals surface area contributed by atoms with Gasteiger partial charge in [-0.1, -0.05) is 81.9 Å². The minimum absolute atomic E-state index is 0.253. The van der Waals surface area contributed by atoms with Crippen LogP contribution in [0, 0.1) is 0 Å². The number of hydrogen-bond donors (Lipinski definition) is 0. The molecule has 0 radical (unpaired) electrons. The van der Waals surface area contributed by atoms with Crippen LogP contribution >= 0.6 is 27.3 Å². The molecule has 1 aliphatic heterocycles. The number of benzene rings is 4. The topological polar surface area (TPSA) is 79.1 Å². The molecule has 0 unspecified atom stereocenters. The fourth-order valence-electron chi connectivity index (χ4n) is 5.51. The van der Waals surface area contributed by atoms with Crippen LogP contribution in [-0.2, 0) is 16.1 Å². The molecule has 1 aliphatic rings. The van der Waals surface area contributed by atoms with Crippen LogP contribution in [-0.4, -0.2) is 23.2 Å². The summed E-state index contributed by atoms with van der Waals surface area (Å²) < 4.78 is 20.7. The standard InChI is InChI=1S/C37H33BrN2O5S/c1-5-43-28-17-12-26(13-18-28)34-33(36(42)45-22(2)3)23(4)39-37-40(34)35(41)32(46-37)20-30-29-9-7-6-8-25(29)14-19-31(30)44-21-24-10-15-27(38)16-11-24/h6-20,22,34H,5,21H2,1-4H3/b32-20+/t34-/m1/s1. The Balaban J connectivity index is 1.50. The first-order chi connectivity index (χ1) is 22.2. The molecule has 9 heteroatoms. The monoisotopic (exact) mass is 696 g/mol. The average molecular weight is 698 g/mol. The minimum Gasteiger partial charge on any atom is -0.494 e. The maximum atomic E-state index is 14.4. The van der Waals surface area contributed by atoms with Gasteiger partial charge in [0, 0.05) is 10.0 Å². The summed E-state index contributed by atoms with van der Waals surface area (Å²) in [6.45, 7) is 8.21. The number of ether oxygens (including phenoxy) is 3. The number of carbonyl (C=O) groups is 1. The summed E-state index contributed by atoms with van der Waals surface area (Å²) in [7, 11) is 0. The molecule has 0 bridgehead atoms. The normalized spacial score (nSPS) is 14.7. The van der Waals surface area contributed by atoms with E-state index in [0.717, 1.165) is 31.9 Å². The first kappa shape index (κ1) is 31.5. The minimum atomic E-state index is -0.721. The lowest BCUT2D eigenvalue weighted by Gasteiger charge is -2.25. The number of hydrogen-bond acceptors (Lipinski definition) is 7. The van der Waals surface area contributed by atoms with Gasteiger partial charge in [0.2, 0.25) is 0 Å². The van der Waals surface area contributed by atoms with Crippen molar-refractivity contribution in [3.05, 3.63) is 137 Å². The van der Waals surface area contributed by atoms with Crippen molar-refractivity contribution in [2.24, 2.45) is 4.99 Å². The molecule has 1 atom stereocenters. The smallest absolute Gasteiger partial charge is 0.338 e. The Labute approximate surface area is 279 Å². The number of aromatic nitrogens is 1. The first-order valence-corrected chi connectivity index (χ1v) is 16.7. The maximum Gasteiger partial charge on any atom is 0.338 e.